The number of hydrogen-bond donors (Lipinski definition) is 1. The summed E-state index contributed by atoms with van der Waals surface area (Å²) in [7, 11) is 0. The van der Waals surface area contributed by atoms with E-state index < -0.39 is 0 Å². The third kappa shape index (κ3) is 1.42. The fourth-order valence-electron chi connectivity index (χ4n) is 1.60. The zero-order valence-corrected chi connectivity index (χ0v) is 8.84. The first-order valence-corrected chi connectivity index (χ1v) is 5.22. The molecule has 6 heteroatoms. The molecular weight excluding hydrogens is 206 g/mol. The fourth-order valence-corrected chi connectivity index (χ4v) is 1.60. The summed E-state index contributed by atoms with van der Waals surface area (Å²) in [5.41, 5.74) is 1.32. The summed E-state index contributed by atoms with van der Waals surface area (Å²) in [4.78, 5) is 19.9. The maximum absolute atomic E-state index is 11.9. The van der Waals surface area contributed by atoms with E-state index in [1.807, 2.05) is 6.92 Å². The minimum absolute atomic E-state index is 0.0788. The van der Waals surface area contributed by atoms with Crippen molar-refractivity contribution in [3.8, 4) is 0 Å². The van der Waals surface area contributed by atoms with Crippen LogP contribution in [0.25, 0.3) is 5.78 Å². The number of carbonyl (C=O) groups is 1. The van der Waals surface area contributed by atoms with E-state index in [0.29, 0.717) is 17.4 Å². The molecule has 1 N–H and O–H groups in total. The summed E-state index contributed by atoms with van der Waals surface area (Å²) in [5, 5.41) is 6.95. The zero-order chi connectivity index (χ0) is 11.1. The first kappa shape index (κ1) is 9.26. The van der Waals surface area contributed by atoms with Gasteiger partial charge in [-0.25, -0.2) is 9.50 Å². The summed E-state index contributed by atoms with van der Waals surface area (Å²) >= 11 is 0. The lowest BCUT2D eigenvalue weighted by atomic mass is 10.2. The number of amides is 1. The molecule has 2 heterocycles. The van der Waals surface area contributed by atoms with Crippen molar-refractivity contribution in [3.05, 3.63) is 23.8 Å². The van der Waals surface area contributed by atoms with Crippen LogP contribution in [0, 0.1) is 6.92 Å². The Morgan fingerprint density at radius 1 is 1.50 bits per heavy atom. The molecule has 0 saturated heterocycles. The van der Waals surface area contributed by atoms with Crippen molar-refractivity contribution in [3.63, 3.8) is 0 Å². The summed E-state index contributed by atoms with van der Waals surface area (Å²) in [6, 6.07) is 0.346. The number of hydrogen-bond acceptors (Lipinski definition) is 4. The van der Waals surface area contributed by atoms with E-state index in [0.717, 1.165) is 18.5 Å². The quantitative estimate of drug-likeness (QED) is 0.786. The number of nitrogens with one attached hydrogen (secondary N) is 1. The van der Waals surface area contributed by atoms with E-state index in [-0.39, 0.29) is 5.91 Å². The third-order valence-corrected chi connectivity index (χ3v) is 2.70. The Morgan fingerprint density at radius 2 is 2.31 bits per heavy atom. The van der Waals surface area contributed by atoms with Gasteiger partial charge >= 0.3 is 0 Å². The van der Waals surface area contributed by atoms with Crippen molar-refractivity contribution in [1.82, 2.24) is 24.9 Å². The highest BCUT2D eigenvalue weighted by atomic mass is 16.1. The first-order valence-electron chi connectivity index (χ1n) is 5.22. The van der Waals surface area contributed by atoms with Gasteiger partial charge in [0.1, 0.15) is 6.33 Å². The molecule has 0 radical (unpaired) electrons. The van der Waals surface area contributed by atoms with Crippen molar-refractivity contribution >= 4 is 11.7 Å². The molecule has 3 rings (SSSR count). The number of rotatable bonds is 2. The van der Waals surface area contributed by atoms with Crippen molar-refractivity contribution in [2.75, 3.05) is 0 Å². The monoisotopic (exact) mass is 217 g/mol. The van der Waals surface area contributed by atoms with Crippen molar-refractivity contribution in [2.45, 2.75) is 25.8 Å². The number of aromatic nitrogens is 4. The lowest BCUT2D eigenvalue weighted by Crippen LogP contribution is -2.27. The van der Waals surface area contributed by atoms with E-state index >= 15 is 0 Å². The lowest BCUT2D eigenvalue weighted by Gasteiger charge is -2.06. The second-order valence-electron chi connectivity index (χ2n) is 3.98. The van der Waals surface area contributed by atoms with E-state index in [2.05, 4.69) is 20.4 Å². The highest BCUT2D eigenvalue weighted by molar-refractivity contribution is 5.95. The van der Waals surface area contributed by atoms with Gasteiger partial charge in [0, 0.05) is 12.2 Å². The van der Waals surface area contributed by atoms with Gasteiger partial charge in [-0.2, -0.15) is 10.1 Å². The minimum Gasteiger partial charge on any atom is -0.349 e. The second kappa shape index (κ2) is 3.26. The average molecular weight is 217 g/mol. The average Bonchev–Trinajstić information content (AvgIpc) is 2.94. The smallest absolute Gasteiger partial charge is 0.254 e. The third-order valence-electron chi connectivity index (χ3n) is 2.70. The number of aryl methyl sites for hydroxylation is 1. The molecular formula is C10H11N5O. The van der Waals surface area contributed by atoms with E-state index in [1.54, 1.807) is 10.7 Å². The van der Waals surface area contributed by atoms with Crippen molar-refractivity contribution < 1.29 is 4.79 Å². The lowest BCUT2D eigenvalue weighted by molar-refractivity contribution is 0.0949. The van der Waals surface area contributed by atoms with Gasteiger partial charge in [0.05, 0.1) is 11.3 Å². The summed E-state index contributed by atoms with van der Waals surface area (Å²) < 4.78 is 1.57. The van der Waals surface area contributed by atoms with E-state index in [1.165, 1.54) is 6.33 Å². The topological polar surface area (TPSA) is 72.2 Å². The molecule has 2 aromatic heterocycles. The van der Waals surface area contributed by atoms with Gasteiger partial charge in [-0.1, -0.05) is 0 Å². The molecule has 0 aliphatic heterocycles. The van der Waals surface area contributed by atoms with Crippen LogP contribution >= 0.6 is 0 Å². The second-order valence-corrected chi connectivity index (χ2v) is 3.98. The van der Waals surface area contributed by atoms with E-state index in [9.17, 15) is 4.79 Å². The maximum atomic E-state index is 11.9. The molecule has 16 heavy (non-hydrogen) atoms. The van der Waals surface area contributed by atoms with Crippen LogP contribution < -0.4 is 5.32 Å². The van der Waals surface area contributed by atoms with Crippen LogP contribution in [-0.4, -0.2) is 31.5 Å². The summed E-state index contributed by atoms with van der Waals surface area (Å²) in [6.07, 6.45) is 5.13. The minimum atomic E-state index is -0.0788. The normalized spacial score (nSPS) is 15.3. The Hall–Kier alpha value is -1.98. The van der Waals surface area contributed by atoms with Crippen LogP contribution in [0.5, 0.6) is 0 Å². The molecule has 1 fully saturated rings. The standard InChI is InChI=1S/C10H11N5O/c1-6-8(9(16)14-7-2-3-7)4-11-10-12-5-13-15(6)10/h4-5,7H,2-3H2,1H3,(H,14,16). The number of carbonyl (C=O) groups excluding carboxylic acids is 1. The number of nitrogens with zero attached hydrogens (tertiary/aromatic N) is 4. The fraction of sp³-hybridized carbons (Fsp3) is 0.400. The van der Waals surface area contributed by atoms with Gasteiger partial charge in [-0.05, 0) is 19.8 Å². The predicted octanol–water partition coefficient (Wildman–Crippen LogP) is 0.325. The van der Waals surface area contributed by atoms with Gasteiger partial charge in [0.25, 0.3) is 11.7 Å². The Labute approximate surface area is 91.7 Å². The molecule has 82 valence electrons. The Balaban J connectivity index is 2.01. The van der Waals surface area contributed by atoms with Gasteiger partial charge < -0.3 is 5.32 Å². The molecule has 1 aliphatic carbocycles. The van der Waals surface area contributed by atoms with Gasteiger partial charge in [-0.15, -0.1) is 0 Å². The molecule has 0 aromatic carbocycles. The van der Waals surface area contributed by atoms with Crippen LogP contribution in [0.4, 0.5) is 0 Å². The number of fused-ring (bicyclic) bond motifs is 1. The first-order chi connectivity index (χ1) is 7.75. The molecule has 0 bridgehead atoms. The molecule has 0 unspecified atom stereocenters. The molecule has 6 nitrogen and oxygen atoms in total. The van der Waals surface area contributed by atoms with Gasteiger partial charge in [0.15, 0.2) is 0 Å². The maximum Gasteiger partial charge on any atom is 0.254 e. The van der Waals surface area contributed by atoms with Crippen LogP contribution in [0.3, 0.4) is 0 Å². The molecule has 2 aromatic rings. The van der Waals surface area contributed by atoms with Crippen LogP contribution in [-0.2, 0) is 0 Å². The van der Waals surface area contributed by atoms with E-state index in [4.69, 9.17) is 0 Å². The highest BCUT2D eigenvalue weighted by Crippen LogP contribution is 2.19. The Bertz CT molecular complexity index is 557. The molecule has 1 aliphatic rings. The molecule has 1 saturated carbocycles. The highest BCUT2D eigenvalue weighted by Gasteiger charge is 2.25. The van der Waals surface area contributed by atoms with Gasteiger partial charge in [0.2, 0.25) is 0 Å². The molecule has 1 amide bonds. The van der Waals surface area contributed by atoms with Crippen LogP contribution in [0.2, 0.25) is 0 Å². The largest absolute Gasteiger partial charge is 0.349 e. The Morgan fingerprint density at radius 3 is 3.06 bits per heavy atom. The molecule has 0 spiro atoms. The zero-order valence-electron chi connectivity index (χ0n) is 8.84. The molecule has 0 atom stereocenters. The summed E-state index contributed by atoms with van der Waals surface area (Å²) in [5.74, 6) is 0.436. The van der Waals surface area contributed by atoms with Crippen molar-refractivity contribution in [2.24, 2.45) is 0 Å². The van der Waals surface area contributed by atoms with Crippen molar-refractivity contribution in [1.29, 1.82) is 0 Å². The van der Waals surface area contributed by atoms with Crippen LogP contribution in [0.1, 0.15) is 28.9 Å². The predicted molar refractivity (Wildman–Crippen MR) is 56.0 cm³/mol. The van der Waals surface area contributed by atoms with Gasteiger partial charge in [-0.3, -0.25) is 4.79 Å². The summed E-state index contributed by atoms with van der Waals surface area (Å²) in [6.45, 7) is 1.84. The van der Waals surface area contributed by atoms with Crippen LogP contribution in [0.15, 0.2) is 12.5 Å². The SMILES string of the molecule is Cc1c(C(=O)NC2CC2)cnc2ncnn12. The Kier molecular flexibility index (Phi) is 1.89.